The summed E-state index contributed by atoms with van der Waals surface area (Å²) in [6.07, 6.45) is 3.92. The number of hydrogen-bond acceptors (Lipinski definition) is 7. The van der Waals surface area contributed by atoms with Gasteiger partial charge in [-0.3, -0.25) is 9.59 Å². The molecule has 0 bridgehead atoms. The van der Waals surface area contributed by atoms with Crippen LogP contribution in [0.5, 0.6) is 0 Å². The highest BCUT2D eigenvalue weighted by molar-refractivity contribution is 7.14. The normalized spacial score (nSPS) is 18.4. The molecular weight excluding hydrogens is 464 g/mol. The zero-order valence-electron chi connectivity index (χ0n) is 20.7. The molecule has 1 saturated heterocycles. The van der Waals surface area contributed by atoms with E-state index in [2.05, 4.69) is 55.1 Å². The van der Waals surface area contributed by atoms with Gasteiger partial charge in [-0.25, -0.2) is 9.97 Å². The fourth-order valence-electron chi connectivity index (χ4n) is 3.93. The van der Waals surface area contributed by atoms with E-state index in [-0.39, 0.29) is 36.1 Å². The summed E-state index contributed by atoms with van der Waals surface area (Å²) in [6, 6.07) is 7.59. The summed E-state index contributed by atoms with van der Waals surface area (Å²) in [5.74, 6) is 0.245. The Bertz CT molecular complexity index is 1190. The van der Waals surface area contributed by atoms with Gasteiger partial charge in [-0.05, 0) is 52.8 Å². The van der Waals surface area contributed by atoms with E-state index in [1.165, 1.54) is 11.3 Å². The SMILES string of the molecule is C[C@@H]1CN(c2cccc(-c3csc(NC(=O)CNC(=O)c4ccn(C(C)(C)C)c4)n3)n2)C[C@@H](C)O1. The minimum Gasteiger partial charge on any atom is -0.372 e. The quantitative estimate of drug-likeness (QED) is 0.539. The highest BCUT2D eigenvalue weighted by Gasteiger charge is 2.23. The number of pyridine rings is 1. The van der Waals surface area contributed by atoms with Crippen LogP contribution in [0.1, 0.15) is 45.0 Å². The molecule has 1 aliphatic heterocycles. The molecule has 2 amide bonds. The summed E-state index contributed by atoms with van der Waals surface area (Å²) in [6.45, 7) is 11.7. The van der Waals surface area contributed by atoms with Crippen LogP contribution < -0.4 is 15.5 Å². The Kier molecular flexibility index (Phi) is 7.23. The third-order valence-electron chi connectivity index (χ3n) is 5.63. The first-order chi connectivity index (χ1) is 16.6. The van der Waals surface area contributed by atoms with Crippen molar-refractivity contribution < 1.29 is 14.3 Å². The third kappa shape index (κ3) is 6.26. The van der Waals surface area contributed by atoms with Crippen LogP contribution in [0, 0.1) is 0 Å². The zero-order chi connectivity index (χ0) is 25.2. The van der Waals surface area contributed by atoms with Crippen LogP contribution in [0.4, 0.5) is 10.9 Å². The molecule has 0 unspecified atom stereocenters. The molecule has 4 heterocycles. The molecular formula is C25H32N6O3S. The van der Waals surface area contributed by atoms with Crippen molar-refractivity contribution in [3.8, 4) is 11.4 Å². The van der Waals surface area contributed by atoms with Gasteiger partial charge >= 0.3 is 0 Å². The maximum atomic E-state index is 12.4. The van der Waals surface area contributed by atoms with Gasteiger partial charge < -0.3 is 24.8 Å². The maximum absolute atomic E-state index is 12.4. The zero-order valence-corrected chi connectivity index (χ0v) is 21.6. The number of hydrogen-bond donors (Lipinski definition) is 2. The third-order valence-corrected chi connectivity index (χ3v) is 6.39. The fraction of sp³-hybridized carbons (Fsp3) is 0.440. The molecule has 3 aromatic heterocycles. The summed E-state index contributed by atoms with van der Waals surface area (Å²) < 4.78 is 7.78. The minimum absolute atomic E-state index is 0.119. The smallest absolute Gasteiger partial charge is 0.253 e. The van der Waals surface area contributed by atoms with Gasteiger partial charge in [0.15, 0.2) is 5.13 Å². The Hall–Kier alpha value is -3.24. The fourth-order valence-corrected chi connectivity index (χ4v) is 4.65. The molecule has 1 aliphatic rings. The highest BCUT2D eigenvalue weighted by atomic mass is 32.1. The number of amides is 2. The van der Waals surface area contributed by atoms with Crippen LogP contribution in [0.2, 0.25) is 0 Å². The maximum Gasteiger partial charge on any atom is 0.253 e. The van der Waals surface area contributed by atoms with E-state index in [1.54, 1.807) is 12.3 Å². The van der Waals surface area contributed by atoms with Crippen molar-refractivity contribution in [3.05, 3.63) is 47.6 Å². The predicted octanol–water partition coefficient (Wildman–Crippen LogP) is 3.74. The monoisotopic (exact) mass is 496 g/mol. The van der Waals surface area contributed by atoms with Crippen LogP contribution in [-0.2, 0) is 15.1 Å². The standard InChI is InChI=1S/C25H32N6O3S/c1-16-12-30(13-17(2)34-16)21-8-6-7-19(27-21)20-15-35-24(28-20)29-22(32)11-26-23(33)18-9-10-31(14-18)25(3,4)5/h6-10,14-17H,11-13H2,1-5H3,(H,26,33)(H,28,29,32)/t16-,17-/m1/s1. The number of anilines is 2. The molecule has 186 valence electrons. The lowest BCUT2D eigenvalue weighted by molar-refractivity contribution is -0.115. The molecule has 35 heavy (non-hydrogen) atoms. The van der Waals surface area contributed by atoms with E-state index >= 15 is 0 Å². The molecule has 1 fully saturated rings. The number of nitrogens with zero attached hydrogens (tertiary/aromatic N) is 4. The molecule has 0 saturated carbocycles. The van der Waals surface area contributed by atoms with E-state index in [9.17, 15) is 9.59 Å². The average molecular weight is 497 g/mol. The molecule has 9 nitrogen and oxygen atoms in total. The van der Waals surface area contributed by atoms with Crippen LogP contribution in [-0.4, -0.2) is 58.2 Å². The number of ether oxygens (including phenoxy) is 1. The molecule has 2 atom stereocenters. The van der Waals surface area contributed by atoms with Crippen LogP contribution in [0.3, 0.4) is 0 Å². The molecule has 3 aromatic rings. The lowest BCUT2D eigenvalue weighted by Gasteiger charge is -2.36. The first kappa shape index (κ1) is 24.9. The molecule has 0 aliphatic carbocycles. The van der Waals surface area contributed by atoms with Gasteiger partial charge in [-0.2, -0.15) is 0 Å². The van der Waals surface area contributed by atoms with Gasteiger partial charge in [0.2, 0.25) is 5.91 Å². The average Bonchev–Trinajstić information content (AvgIpc) is 3.47. The molecule has 4 rings (SSSR count). The van der Waals surface area contributed by atoms with Crippen LogP contribution in [0.25, 0.3) is 11.4 Å². The van der Waals surface area contributed by atoms with Crippen molar-refractivity contribution in [2.45, 2.75) is 52.4 Å². The van der Waals surface area contributed by atoms with Crippen LogP contribution in [0.15, 0.2) is 42.0 Å². The van der Waals surface area contributed by atoms with E-state index < -0.39 is 0 Å². The second-order valence-electron chi connectivity index (χ2n) is 9.79. The number of rotatable bonds is 6. The molecule has 2 N–H and O–H groups in total. The topological polar surface area (TPSA) is 101 Å². The van der Waals surface area contributed by atoms with Gasteiger partial charge in [-0.15, -0.1) is 11.3 Å². The summed E-state index contributed by atoms with van der Waals surface area (Å²) in [7, 11) is 0. The van der Waals surface area contributed by atoms with Gasteiger partial charge in [0.1, 0.15) is 11.5 Å². The molecule has 10 heteroatoms. The Labute approximate surface area is 209 Å². The van der Waals surface area contributed by atoms with Crippen molar-refractivity contribution in [2.75, 3.05) is 29.9 Å². The molecule has 0 radical (unpaired) electrons. The van der Waals surface area contributed by atoms with E-state index in [0.717, 1.165) is 24.6 Å². The second kappa shape index (κ2) is 10.2. The van der Waals surface area contributed by atoms with Crippen molar-refractivity contribution in [3.63, 3.8) is 0 Å². The van der Waals surface area contributed by atoms with Gasteiger partial charge in [0.05, 0.1) is 30.0 Å². The van der Waals surface area contributed by atoms with E-state index in [0.29, 0.717) is 16.4 Å². The number of aromatic nitrogens is 3. The summed E-state index contributed by atoms with van der Waals surface area (Å²) in [5, 5.41) is 7.73. The number of carbonyl (C=O) groups is 2. The lowest BCUT2D eigenvalue weighted by Crippen LogP contribution is -2.45. The van der Waals surface area contributed by atoms with Crippen molar-refractivity contribution >= 4 is 34.1 Å². The first-order valence-corrected chi connectivity index (χ1v) is 12.6. The van der Waals surface area contributed by atoms with Crippen molar-refractivity contribution in [2.24, 2.45) is 0 Å². The Balaban J connectivity index is 1.34. The Morgan fingerprint density at radius 2 is 1.86 bits per heavy atom. The van der Waals surface area contributed by atoms with Gasteiger partial charge in [0.25, 0.3) is 5.91 Å². The summed E-state index contributed by atoms with van der Waals surface area (Å²) in [5.41, 5.74) is 1.82. The molecule has 0 aromatic carbocycles. The van der Waals surface area contributed by atoms with E-state index in [4.69, 9.17) is 9.72 Å². The minimum atomic E-state index is -0.340. The Morgan fingerprint density at radius 3 is 2.54 bits per heavy atom. The first-order valence-electron chi connectivity index (χ1n) is 11.7. The van der Waals surface area contributed by atoms with Gasteiger partial charge in [-0.1, -0.05) is 6.07 Å². The number of thiazole rings is 1. The Morgan fingerprint density at radius 1 is 1.11 bits per heavy atom. The van der Waals surface area contributed by atoms with Crippen molar-refractivity contribution in [1.82, 2.24) is 19.9 Å². The molecule has 0 spiro atoms. The van der Waals surface area contributed by atoms with E-state index in [1.807, 2.05) is 34.3 Å². The second-order valence-corrected chi connectivity index (χ2v) is 10.6. The summed E-state index contributed by atoms with van der Waals surface area (Å²) >= 11 is 1.32. The lowest BCUT2D eigenvalue weighted by atomic mass is 10.1. The number of nitrogens with one attached hydrogen (secondary N) is 2. The number of carbonyl (C=O) groups excluding carboxylic acids is 2. The number of morpholine rings is 1. The summed E-state index contributed by atoms with van der Waals surface area (Å²) in [4.78, 5) is 36.3. The largest absolute Gasteiger partial charge is 0.372 e. The predicted molar refractivity (Wildman–Crippen MR) is 138 cm³/mol. The van der Waals surface area contributed by atoms with Crippen LogP contribution >= 0.6 is 11.3 Å². The van der Waals surface area contributed by atoms with Gasteiger partial charge in [0, 0.05) is 36.4 Å². The van der Waals surface area contributed by atoms with Crippen molar-refractivity contribution in [1.29, 1.82) is 0 Å². The highest BCUT2D eigenvalue weighted by Crippen LogP contribution is 2.26.